The molecule has 23 heavy (non-hydrogen) atoms. The van der Waals surface area contributed by atoms with E-state index in [4.69, 9.17) is 9.47 Å². The summed E-state index contributed by atoms with van der Waals surface area (Å²) in [5.74, 6) is -0.219. The summed E-state index contributed by atoms with van der Waals surface area (Å²) in [5, 5.41) is 0. The van der Waals surface area contributed by atoms with E-state index < -0.39 is 0 Å². The van der Waals surface area contributed by atoms with Crippen molar-refractivity contribution in [2.24, 2.45) is 0 Å². The topological polar surface area (TPSA) is 18.5 Å². The normalized spacial score (nSPS) is 24.0. The fourth-order valence-electron chi connectivity index (χ4n) is 3.12. The van der Waals surface area contributed by atoms with E-state index in [1.165, 1.54) is 17.7 Å². The molecule has 3 heteroatoms. The minimum atomic E-state index is -0.219. The van der Waals surface area contributed by atoms with Crippen molar-refractivity contribution >= 4 is 0 Å². The van der Waals surface area contributed by atoms with Crippen molar-refractivity contribution in [2.75, 3.05) is 6.61 Å². The molecule has 1 heterocycles. The average molecular weight is 314 g/mol. The zero-order chi connectivity index (χ0) is 16.1. The van der Waals surface area contributed by atoms with Gasteiger partial charge in [-0.2, -0.15) is 0 Å². The van der Waals surface area contributed by atoms with Crippen molar-refractivity contribution in [3.63, 3.8) is 0 Å². The smallest absolute Gasteiger partial charge is 0.123 e. The molecule has 122 valence electrons. The second-order valence-corrected chi connectivity index (χ2v) is 6.21. The summed E-state index contributed by atoms with van der Waals surface area (Å²) in [6, 6.07) is 16.8. The van der Waals surface area contributed by atoms with Crippen LogP contribution in [0.3, 0.4) is 0 Å². The summed E-state index contributed by atoms with van der Waals surface area (Å²) >= 11 is 0. The lowest BCUT2D eigenvalue weighted by molar-refractivity contribution is -0.0979. The number of hydrogen-bond acceptors (Lipinski definition) is 2. The molecule has 1 aliphatic heterocycles. The molecule has 2 aromatic carbocycles. The standard InChI is InChI=1S/C20H23FO2/c1-2-20(15-22-14-16-8-10-18(21)11-9-16)13-12-19(23-20)17-6-4-3-5-7-17/h3-11,19H,2,12-15H2,1H3. The zero-order valence-corrected chi connectivity index (χ0v) is 13.5. The van der Waals surface area contributed by atoms with Gasteiger partial charge in [0.1, 0.15) is 5.82 Å². The third-order valence-electron chi connectivity index (χ3n) is 4.62. The molecule has 0 bridgehead atoms. The van der Waals surface area contributed by atoms with Crippen LogP contribution in [0, 0.1) is 5.82 Å². The van der Waals surface area contributed by atoms with E-state index in [0.717, 1.165) is 24.8 Å². The largest absolute Gasteiger partial charge is 0.374 e. The summed E-state index contributed by atoms with van der Waals surface area (Å²) in [7, 11) is 0. The first-order valence-corrected chi connectivity index (χ1v) is 8.26. The quantitative estimate of drug-likeness (QED) is 0.743. The van der Waals surface area contributed by atoms with Crippen molar-refractivity contribution in [1.82, 2.24) is 0 Å². The Labute approximate surface area is 137 Å². The summed E-state index contributed by atoms with van der Waals surface area (Å²) in [4.78, 5) is 0. The van der Waals surface area contributed by atoms with E-state index in [9.17, 15) is 4.39 Å². The maximum atomic E-state index is 12.9. The van der Waals surface area contributed by atoms with Crippen molar-refractivity contribution in [3.05, 3.63) is 71.5 Å². The predicted octanol–water partition coefficient (Wildman–Crippen LogP) is 5.04. The molecule has 3 rings (SSSR count). The molecule has 1 aliphatic rings. The Hall–Kier alpha value is -1.71. The van der Waals surface area contributed by atoms with Crippen LogP contribution in [0.25, 0.3) is 0 Å². The number of ether oxygens (including phenoxy) is 2. The molecule has 0 amide bonds. The number of benzene rings is 2. The fraction of sp³-hybridized carbons (Fsp3) is 0.400. The second kappa shape index (κ2) is 7.24. The van der Waals surface area contributed by atoms with E-state index in [1.54, 1.807) is 12.1 Å². The third-order valence-corrected chi connectivity index (χ3v) is 4.62. The molecule has 2 nitrogen and oxygen atoms in total. The van der Waals surface area contributed by atoms with E-state index in [0.29, 0.717) is 13.2 Å². The van der Waals surface area contributed by atoms with Crippen LogP contribution in [0.5, 0.6) is 0 Å². The fourth-order valence-corrected chi connectivity index (χ4v) is 3.12. The second-order valence-electron chi connectivity index (χ2n) is 6.21. The Morgan fingerprint density at radius 2 is 1.87 bits per heavy atom. The van der Waals surface area contributed by atoms with Crippen LogP contribution < -0.4 is 0 Å². The van der Waals surface area contributed by atoms with E-state index >= 15 is 0 Å². The lowest BCUT2D eigenvalue weighted by Crippen LogP contribution is -2.33. The Balaban J connectivity index is 1.56. The number of rotatable bonds is 6. The number of hydrogen-bond donors (Lipinski definition) is 0. The van der Waals surface area contributed by atoms with Gasteiger partial charge in [-0.3, -0.25) is 0 Å². The van der Waals surface area contributed by atoms with Gasteiger partial charge >= 0.3 is 0 Å². The molecule has 0 saturated carbocycles. The van der Waals surface area contributed by atoms with E-state index in [2.05, 4.69) is 31.2 Å². The maximum Gasteiger partial charge on any atom is 0.123 e. The van der Waals surface area contributed by atoms with Crippen molar-refractivity contribution in [3.8, 4) is 0 Å². The summed E-state index contributed by atoms with van der Waals surface area (Å²) < 4.78 is 25.1. The lowest BCUT2D eigenvalue weighted by atomic mass is 9.97. The minimum Gasteiger partial charge on any atom is -0.374 e. The van der Waals surface area contributed by atoms with E-state index in [1.807, 2.05) is 6.07 Å². The molecule has 2 unspecified atom stereocenters. The van der Waals surface area contributed by atoms with Gasteiger partial charge in [0.15, 0.2) is 0 Å². The summed E-state index contributed by atoms with van der Waals surface area (Å²) in [6.07, 6.45) is 3.12. The van der Waals surface area contributed by atoms with Crippen LogP contribution in [0.4, 0.5) is 4.39 Å². The number of halogens is 1. The molecule has 0 N–H and O–H groups in total. The third kappa shape index (κ3) is 3.98. The van der Waals surface area contributed by atoms with Crippen molar-refractivity contribution < 1.29 is 13.9 Å². The molecule has 0 aromatic heterocycles. The maximum absolute atomic E-state index is 12.9. The van der Waals surface area contributed by atoms with Gasteiger partial charge in [-0.1, -0.05) is 49.4 Å². The van der Waals surface area contributed by atoms with Gasteiger partial charge in [0.05, 0.1) is 24.9 Å². The molecule has 1 saturated heterocycles. The highest BCUT2D eigenvalue weighted by Crippen LogP contribution is 2.41. The van der Waals surface area contributed by atoms with Crippen molar-refractivity contribution in [2.45, 2.75) is 44.5 Å². The Bertz CT molecular complexity index is 611. The predicted molar refractivity (Wildman–Crippen MR) is 88.6 cm³/mol. The highest BCUT2D eigenvalue weighted by molar-refractivity contribution is 5.19. The van der Waals surface area contributed by atoms with Crippen LogP contribution in [0.15, 0.2) is 54.6 Å². The van der Waals surface area contributed by atoms with Gasteiger partial charge in [0.25, 0.3) is 0 Å². The first-order valence-electron chi connectivity index (χ1n) is 8.26. The highest BCUT2D eigenvalue weighted by atomic mass is 19.1. The molecule has 0 aliphatic carbocycles. The van der Waals surface area contributed by atoms with Gasteiger partial charge in [-0.25, -0.2) is 4.39 Å². The Morgan fingerprint density at radius 3 is 2.57 bits per heavy atom. The Morgan fingerprint density at radius 1 is 1.13 bits per heavy atom. The molecular formula is C20H23FO2. The first kappa shape index (κ1) is 16.2. The first-order chi connectivity index (χ1) is 11.2. The van der Waals surface area contributed by atoms with E-state index in [-0.39, 0.29) is 17.5 Å². The highest BCUT2D eigenvalue weighted by Gasteiger charge is 2.39. The van der Waals surface area contributed by atoms with Crippen LogP contribution in [0.2, 0.25) is 0 Å². The van der Waals surface area contributed by atoms with Gasteiger partial charge in [0.2, 0.25) is 0 Å². The van der Waals surface area contributed by atoms with Gasteiger partial charge < -0.3 is 9.47 Å². The molecule has 0 radical (unpaired) electrons. The van der Waals surface area contributed by atoms with Gasteiger partial charge in [-0.15, -0.1) is 0 Å². The van der Waals surface area contributed by atoms with Crippen LogP contribution in [0.1, 0.15) is 43.4 Å². The molecule has 2 aromatic rings. The van der Waals surface area contributed by atoms with Crippen molar-refractivity contribution in [1.29, 1.82) is 0 Å². The summed E-state index contributed by atoms with van der Waals surface area (Å²) in [5.41, 5.74) is 2.01. The average Bonchev–Trinajstić information content (AvgIpc) is 3.03. The summed E-state index contributed by atoms with van der Waals surface area (Å²) in [6.45, 7) is 3.21. The molecular weight excluding hydrogens is 291 g/mol. The van der Waals surface area contributed by atoms with Crippen LogP contribution in [-0.4, -0.2) is 12.2 Å². The Kier molecular flexibility index (Phi) is 5.09. The SMILES string of the molecule is CCC1(COCc2ccc(F)cc2)CCC(c2ccccc2)O1. The minimum absolute atomic E-state index is 0.158. The van der Waals surface area contributed by atoms with Gasteiger partial charge in [-0.05, 0) is 42.5 Å². The molecule has 0 spiro atoms. The monoisotopic (exact) mass is 314 g/mol. The molecule has 2 atom stereocenters. The lowest BCUT2D eigenvalue weighted by Gasteiger charge is -2.28. The van der Waals surface area contributed by atoms with Gasteiger partial charge in [0, 0.05) is 0 Å². The molecule has 1 fully saturated rings. The van der Waals surface area contributed by atoms with Crippen LogP contribution in [-0.2, 0) is 16.1 Å². The zero-order valence-electron chi connectivity index (χ0n) is 13.5. The van der Waals surface area contributed by atoms with Crippen LogP contribution >= 0.6 is 0 Å².